The zero-order valence-electron chi connectivity index (χ0n) is 18.7. The Balaban J connectivity index is 1.50. The van der Waals surface area contributed by atoms with Crippen LogP contribution in [0.25, 0.3) is 21.2 Å². The summed E-state index contributed by atoms with van der Waals surface area (Å²) in [6.07, 6.45) is 0.951. The van der Waals surface area contributed by atoms with Gasteiger partial charge in [0.15, 0.2) is 0 Å². The molecule has 0 spiro atoms. The molecule has 3 aromatic carbocycles. The monoisotopic (exact) mass is 472 g/mol. The predicted molar refractivity (Wildman–Crippen MR) is 139 cm³/mol. The SMILES string of the molecule is CCC#C[C@@H](CC(=O)Cl)c1ccc(OCc2ccc3scc(-c4ccccc4C)c3c2)cc1. The van der Waals surface area contributed by atoms with E-state index in [1.54, 1.807) is 11.3 Å². The van der Waals surface area contributed by atoms with Crippen molar-refractivity contribution in [1.82, 2.24) is 0 Å². The second kappa shape index (κ2) is 10.7. The van der Waals surface area contributed by atoms with Gasteiger partial charge in [-0.3, -0.25) is 4.79 Å². The maximum absolute atomic E-state index is 11.4. The van der Waals surface area contributed by atoms with Crippen LogP contribution in [0.5, 0.6) is 5.75 Å². The molecule has 1 aromatic heterocycles. The van der Waals surface area contributed by atoms with E-state index in [-0.39, 0.29) is 17.6 Å². The number of benzene rings is 3. The molecule has 33 heavy (non-hydrogen) atoms. The van der Waals surface area contributed by atoms with Crippen LogP contribution in [0.4, 0.5) is 0 Å². The molecule has 1 atom stereocenters. The molecule has 2 nitrogen and oxygen atoms in total. The van der Waals surface area contributed by atoms with Gasteiger partial charge in [-0.1, -0.05) is 55.3 Å². The molecule has 4 rings (SSSR count). The first-order valence-corrected chi connectivity index (χ1v) is 12.3. The van der Waals surface area contributed by atoms with Gasteiger partial charge in [0.2, 0.25) is 5.24 Å². The maximum Gasteiger partial charge on any atom is 0.223 e. The van der Waals surface area contributed by atoms with Crippen molar-refractivity contribution < 1.29 is 9.53 Å². The molecule has 0 aliphatic carbocycles. The van der Waals surface area contributed by atoms with Crippen molar-refractivity contribution in [2.75, 3.05) is 0 Å². The first-order valence-electron chi connectivity index (χ1n) is 11.0. The zero-order chi connectivity index (χ0) is 23.2. The van der Waals surface area contributed by atoms with Crippen LogP contribution >= 0.6 is 22.9 Å². The Morgan fingerprint density at radius 1 is 1.06 bits per heavy atom. The summed E-state index contributed by atoms with van der Waals surface area (Å²) in [4.78, 5) is 11.4. The predicted octanol–water partition coefficient (Wildman–Crippen LogP) is 8.11. The van der Waals surface area contributed by atoms with E-state index in [0.29, 0.717) is 6.61 Å². The molecule has 0 N–H and O–H groups in total. The second-order valence-corrected chi connectivity index (χ2v) is 9.27. The van der Waals surface area contributed by atoms with E-state index in [4.69, 9.17) is 16.3 Å². The van der Waals surface area contributed by atoms with Gasteiger partial charge in [0.05, 0.1) is 5.92 Å². The molecule has 0 aliphatic rings. The third kappa shape index (κ3) is 5.66. The Labute approximate surface area is 204 Å². The minimum absolute atomic E-state index is 0.190. The molecule has 0 amide bonds. The van der Waals surface area contributed by atoms with E-state index in [0.717, 1.165) is 23.3 Å². The molecular formula is C29H25ClO2S. The van der Waals surface area contributed by atoms with E-state index >= 15 is 0 Å². The number of hydrogen-bond donors (Lipinski definition) is 0. The van der Waals surface area contributed by atoms with E-state index in [1.165, 1.54) is 26.8 Å². The topological polar surface area (TPSA) is 26.3 Å². The molecule has 0 saturated heterocycles. The standard InChI is InChI=1S/C29H25ClO2S/c1-3-4-8-23(17-29(30)31)22-11-13-24(14-12-22)32-18-21-10-15-28-26(16-21)27(19-33-28)25-9-6-5-7-20(25)2/h5-7,9-16,19,23H,3,17-18H2,1-2H3/t23-/m0/s1. The summed E-state index contributed by atoms with van der Waals surface area (Å²) in [7, 11) is 0. The average molecular weight is 473 g/mol. The van der Waals surface area contributed by atoms with Gasteiger partial charge in [0.1, 0.15) is 12.4 Å². The van der Waals surface area contributed by atoms with Crippen molar-refractivity contribution in [3.05, 3.63) is 88.8 Å². The summed E-state index contributed by atoms with van der Waals surface area (Å²) >= 11 is 7.38. The van der Waals surface area contributed by atoms with Crippen LogP contribution in [0, 0.1) is 18.8 Å². The second-order valence-electron chi connectivity index (χ2n) is 7.94. The summed E-state index contributed by atoms with van der Waals surface area (Å²) in [6, 6.07) is 22.8. The lowest BCUT2D eigenvalue weighted by atomic mass is 9.96. The van der Waals surface area contributed by atoms with Crippen LogP contribution in [0.15, 0.2) is 72.1 Å². The zero-order valence-corrected chi connectivity index (χ0v) is 20.3. The Hall–Kier alpha value is -3.06. The lowest BCUT2D eigenvalue weighted by Gasteiger charge is -2.11. The molecular weight excluding hydrogens is 448 g/mol. The van der Waals surface area contributed by atoms with Crippen molar-refractivity contribution in [3.8, 4) is 28.7 Å². The van der Waals surface area contributed by atoms with Crippen LogP contribution in [-0.4, -0.2) is 5.24 Å². The molecule has 0 radical (unpaired) electrons. The van der Waals surface area contributed by atoms with Gasteiger partial charge < -0.3 is 4.74 Å². The summed E-state index contributed by atoms with van der Waals surface area (Å²) < 4.78 is 7.33. The van der Waals surface area contributed by atoms with Crippen LogP contribution in [-0.2, 0) is 11.4 Å². The molecule has 0 aliphatic heterocycles. The normalized spacial score (nSPS) is 11.6. The first kappa shape index (κ1) is 23.1. The van der Waals surface area contributed by atoms with Gasteiger partial charge in [-0.15, -0.1) is 17.3 Å². The average Bonchev–Trinajstić information content (AvgIpc) is 3.24. The van der Waals surface area contributed by atoms with E-state index in [2.05, 4.69) is 66.6 Å². The Morgan fingerprint density at radius 2 is 1.85 bits per heavy atom. The lowest BCUT2D eigenvalue weighted by molar-refractivity contribution is -0.111. The van der Waals surface area contributed by atoms with Crippen molar-refractivity contribution >= 4 is 38.3 Å². The number of carbonyl (C=O) groups excluding carboxylic acids is 1. The lowest BCUT2D eigenvalue weighted by Crippen LogP contribution is -2.01. The van der Waals surface area contributed by atoms with Gasteiger partial charge >= 0.3 is 0 Å². The van der Waals surface area contributed by atoms with Gasteiger partial charge in [-0.2, -0.15) is 0 Å². The molecule has 1 heterocycles. The highest BCUT2D eigenvalue weighted by Crippen LogP contribution is 2.36. The fourth-order valence-corrected chi connectivity index (χ4v) is 4.95. The molecule has 0 unspecified atom stereocenters. The number of halogens is 1. The number of fused-ring (bicyclic) bond motifs is 1. The molecule has 166 valence electrons. The fraction of sp³-hybridized carbons (Fsp3) is 0.207. The summed E-state index contributed by atoms with van der Waals surface area (Å²) in [5.74, 6) is 6.78. The number of hydrogen-bond acceptors (Lipinski definition) is 3. The Bertz CT molecular complexity index is 1330. The quantitative estimate of drug-likeness (QED) is 0.200. The first-order chi connectivity index (χ1) is 16.0. The summed E-state index contributed by atoms with van der Waals surface area (Å²) in [5, 5.41) is 3.12. The van der Waals surface area contributed by atoms with Crippen LogP contribution in [0.2, 0.25) is 0 Å². The van der Waals surface area contributed by atoms with Gasteiger partial charge in [-0.05, 0) is 70.4 Å². The highest BCUT2D eigenvalue weighted by atomic mass is 35.5. The van der Waals surface area contributed by atoms with Gasteiger partial charge in [0, 0.05) is 28.5 Å². The smallest absolute Gasteiger partial charge is 0.223 e. The molecule has 0 bridgehead atoms. The molecule has 4 aromatic rings. The molecule has 0 fully saturated rings. The number of thiophene rings is 1. The van der Waals surface area contributed by atoms with Crippen molar-refractivity contribution in [2.24, 2.45) is 0 Å². The summed E-state index contributed by atoms with van der Waals surface area (Å²) in [5.41, 5.74) is 5.91. The highest BCUT2D eigenvalue weighted by molar-refractivity contribution is 7.17. The van der Waals surface area contributed by atoms with Crippen molar-refractivity contribution in [1.29, 1.82) is 0 Å². The summed E-state index contributed by atoms with van der Waals surface area (Å²) in [6.45, 7) is 4.62. The minimum atomic E-state index is -0.375. The van der Waals surface area contributed by atoms with E-state index in [9.17, 15) is 4.79 Å². The number of aryl methyl sites for hydroxylation is 1. The minimum Gasteiger partial charge on any atom is -0.489 e. The highest BCUT2D eigenvalue weighted by Gasteiger charge is 2.13. The largest absolute Gasteiger partial charge is 0.489 e. The van der Waals surface area contributed by atoms with Crippen LogP contribution in [0.1, 0.15) is 42.4 Å². The van der Waals surface area contributed by atoms with E-state index < -0.39 is 0 Å². The van der Waals surface area contributed by atoms with Crippen LogP contribution < -0.4 is 4.74 Å². The van der Waals surface area contributed by atoms with Crippen molar-refractivity contribution in [3.63, 3.8) is 0 Å². The van der Waals surface area contributed by atoms with E-state index in [1.807, 2.05) is 31.2 Å². The van der Waals surface area contributed by atoms with Gasteiger partial charge in [-0.25, -0.2) is 0 Å². The third-order valence-electron chi connectivity index (χ3n) is 5.58. The third-order valence-corrected chi connectivity index (χ3v) is 6.70. The van der Waals surface area contributed by atoms with Crippen molar-refractivity contribution in [2.45, 2.75) is 39.2 Å². The molecule has 4 heteroatoms. The Kier molecular flexibility index (Phi) is 7.50. The molecule has 0 saturated carbocycles. The van der Waals surface area contributed by atoms with Gasteiger partial charge in [0.25, 0.3) is 0 Å². The number of carbonyl (C=O) groups is 1. The Morgan fingerprint density at radius 3 is 2.58 bits per heavy atom. The number of ether oxygens (including phenoxy) is 1. The van der Waals surface area contributed by atoms with Crippen LogP contribution in [0.3, 0.4) is 0 Å². The maximum atomic E-state index is 11.4. The fourth-order valence-electron chi connectivity index (χ4n) is 3.85. The number of rotatable bonds is 7.